The Morgan fingerprint density at radius 2 is 2.16 bits per heavy atom. The van der Waals surface area contributed by atoms with Crippen LogP contribution in [-0.2, 0) is 6.54 Å². The number of pyridine rings is 1. The van der Waals surface area contributed by atoms with Gasteiger partial charge in [0.25, 0.3) is 5.91 Å². The van der Waals surface area contributed by atoms with Crippen molar-refractivity contribution >= 4 is 5.91 Å². The van der Waals surface area contributed by atoms with Gasteiger partial charge in [-0.3, -0.25) is 9.78 Å². The Hall–Kier alpha value is -2.36. The number of benzene rings is 1. The summed E-state index contributed by atoms with van der Waals surface area (Å²) in [7, 11) is 1.71. The number of carbonyl (C=O) groups is 1. The molecule has 1 aromatic carbocycles. The lowest BCUT2D eigenvalue weighted by Crippen LogP contribution is -2.26. The van der Waals surface area contributed by atoms with E-state index in [4.69, 9.17) is 0 Å². The molecule has 2 rings (SSSR count). The second-order valence-electron chi connectivity index (χ2n) is 4.54. The fourth-order valence-corrected chi connectivity index (χ4v) is 1.93. The van der Waals surface area contributed by atoms with Crippen molar-refractivity contribution in [1.29, 1.82) is 0 Å². The van der Waals surface area contributed by atoms with E-state index in [0.717, 1.165) is 11.1 Å². The summed E-state index contributed by atoms with van der Waals surface area (Å²) < 4.78 is 0. The fourth-order valence-electron chi connectivity index (χ4n) is 1.93. The van der Waals surface area contributed by atoms with Crippen LogP contribution < -0.4 is 0 Å². The molecular weight excluding hydrogens is 240 g/mol. The highest BCUT2D eigenvalue weighted by molar-refractivity contribution is 5.96. The van der Waals surface area contributed by atoms with E-state index in [9.17, 15) is 9.90 Å². The zero-order chi connectivity index (χ0) is 13.8. The van der Waals surface area contributed by atoms with Crippen LogP contribution in [0.25, 0.3) is 0 Å². The average Bonchev–Trinajstić information content (AvgIpc) is 2.38. The van der Waals surface area contributed by atoms with E-state index in [1.165, 1.54) is 18.5 Å². The van der Waals surface area contributed by atoms with Crippen LogP contribution in [0.15, 0.2) is 42.7 Å². The van der Waals surface area contributed by atoms with Crippen LogP contribution in [0, 0.1) is 6.92 Å². The van der Waals surface area contributed by atoms with Crippen molar-refractivity contribution in [1.82, 2.24) is 9.88 Å². The van der Waals surface area contributed by atoms with Crippen LogP contribution in [0.1, 0.15) is 21.5 Å². The molecule has 0 radical (unpaired) electrons. The molecule has 0 saturated carbocycles. The predicted molar refractivity (Wildman–Crippen MR) is 72.9 cm³/mol. The van der Waals surface area contributed by atoms with Gasteiger partial charge >= 0.3 is 0 Å². The predicted octanol–water partition coefficient (Wildman–Crippen LogP) is 2.37. The number of nitrogens with zero attached hydrogens (tertiary/aromatic N) is 2. The maximum absolute atomic E-state index is 12.2. The molecule has 1 aromatic heterocycles. The minimum Gasteiger partial charge on any atom is -0.505 e. The van der Waals surface area contributed by atoms with E-state index in [2.05, 4.69) is 4.98 Å². The van der Waals surface area contributed by atoms with Gasteiger partial charge in [0.05, 0.1) is 11.8 Å². The van der Waals surface area contributed by atoms with E-state index in [0.29, 0.717) is 6.54 Å². The molecule has 1 heterocycles. The van der Waals surface area contributed by atoms with Crippen LogP contribution in [0.5, 0.6) is 5.75 Å². The van der Waals surface area contributed by atoms with Crippen LogP contribution in [0.4, 0.5) is 0 Å². The standard InChI is InChI=1S/C15H16N2O2/c1-11-4-3-5-12(8-11)10-17(2)15(19)13-6-7-16-9-14(13)18/h3-9,18H,10H2,1-2H3. The van der Waals surface area contributed by atoms with Crippen molar-refractivity contribution in [2.24, 2.45) is 0 Å². The smallest absolute Gasteiger partial charge is 0.257 e. The van der Waals surface area contributed by atoms with Crippen molar-refractivity contribution < 1.29 is 9.90 Å². The highest BCUT2D eigenvalue weighted by atomic mass is 16.3. The minimum atomic E-state index is -0.221. The monoisotopic (exact) mass is 256 g/mol. The number of carbonyl (C=O) groups excluding carboxylic acids is 1. The molecule has 0 unspecified atom stereocenters. The van der Waals surface area contributed by atoms with Gasteiger partial charge < -0.3 is 10.0 Å². The van der Waals surface area contributed by atoms with Gasteiger partial charge in [-0.1, -0.05) is 29.8 Å². The molecule has 0 saturated heterocycles. The number of amides is 1. The van der Waals surface area contributed by atoms with Gasteiger partial charge in [-0.15, -0.1) is 0 Å². The molecule has 0 aliphatic heterocycles. The second-order valence-corrected chi connectivity index (χ2v) is 4.54. The summed E-state index contributed by atoms with van der Waals surface area (Å²) in [6.45, 7) is 2.52. The minimum absolute atomic E-state index is 0.0939. The first kappa shape index (κ1) is 13.1. The zero-order valence-electron chi connectivity index (χ0n) is 11.0. The number of aryl methyl sites for hydroxylation is 1. The Morgan fingerprint density at radius 3 is 2.84 bits per heavy atom. The molecule has 0 aliphatic rings. The Morgan fingerprint density at radius 1 is 1.37 bits per heavy atom. The third-order valence-electron chi connectivity index (χ3n) is 2.88. The van der Waals surface area contributed by atoms with Gasteiger partial charge in [0.2, 0.25) is 0 Å². The maximum Gasteiger partial charge on any atom is 0.257 e. The van der Waals surface area contributed by atoms with Crippen LogP contribution in [0.3, 0.4) is 0 Å². The molecule has 4 heteroatoms. The maximum atomic E-state index is 12.2. The number of aromatic hydroxyl groups is 1. The molecular formula is C15H16N2O2. The summed E-state index contributed by atoms with van der Waals surface area (Å²) in [5.41, 5.74) is 2.49. The third-order valence-corrected chi connectivity index (χ3v) is 2.88. The van der Waals surface area contributed by atoms with Crippen molar-refractivity contribution in [2.45, 2.75) is 13.5 Å². The number of hydrogen-bond donors (Lipinski definition) is 1. The molecule has 1 N–H and O–H groups in total. The molecule has 4 nitrogen and oxygen atoms in total. The van der Waals surface area contributed by atoms with Gasteiger partial charge in [0, 0.05) is 19.8 Å². The molecule has 19 heavy (non-hydrogen) atoms. The highest BCUT2D eigenvalue weighted by Crippen LogP contribution is 2.17. The molecule has 98 valence electrons. The Bertz CT molecular complexity index is 596. The largest absolute Gasteiger partial charge is 0.505 e. The van der Waals surface area contributed by atoms with Gasteiger partial charge in [-0.25, -0.2) is 0 Å². The van der Waals surface area contributed by atoms with Crippen LogP contribution in [0.2, 0.25) is 0 Å². The molecule has 0 spiro atoms. The van der Waals surface area contributed by atoms with E-state index >= 15 is 0 Å². The Balaban J connectivity index is 2.14. The summed E-state index contributed by atoms with van der Waals surface area (Å²) >= 11 is 0. The zero-order valence-corrected chi connectivity index (χ0v) is 11.0. The topological polar surface area (TPSA) is 53.4 Å². The number of aromatic nitrogens is 1. The summed E-state index contributed by atoms with van der Waals surface area (Å²) in [6.07, 6.45) is 2.77. The quantitative estimate of drug-likeness (QED) is 0.917. The fraction of sp³-hybridized carbons (Fsp3) is 0.200. The lowest BCUT2D eigenvalue weighted by Gasteiger charge is -2.18. The van der Waals surface area contributed by atoms with Gasteiger partial charge in [0.15, 0.2) is 0 Å². The normalized spacial score (nSPS) is 10.2. The van der Waals surface area contributed by atoms with E-state index in [-0.39, 0.29) is 17.2 Å². The Kier molecular flexibility index (Phi) is 3.80. The van der Waals surface area contributed by atoms with E-state index < -0.39 is 0 Å². The first-order valence-electron chi connectivity index (χ1n) is 6.02. The summed E-state index contributed by atoms with van der Waals surface area (Å²) in [4.78, 5) is 17.5. The van der Waals surface area contributed by atoms with Crippen LogP contribution >= 0.6 is 0 Å². The third kappa shape index (κ3) is 3.10. The van der Waals surface area contributed by atoms with E-state index in [1.54, 1.807) is 11.9 Å². The molecule has 2 aromatic rings. The molecule has 0 aliphatic carbocycles. The molecule has 0 bridgehead atoms. The summed E-state index contributed by atoms with van der Waals surface area (Å²) in [6, 6.07) is 9.51. The average molecular weight is 256 g/mol. The van der Waals surface area contributed by atoms with Gasteiger partial charge in [-0.2, -0.15) is 0 Å². The summed E-state index contributed by atoms with van der Waals surface area (Å²) in [5.74, 6) is -0.315. The first-order chi connectivity index (χ1) is 9.08. The molecule has 0 atom stereocenters. The Labute approximate surface area is 112 Å². The van der Waals surface area contributed by atoms with E-state index in [1.807, 2.05) is 31.2 Å². The lowest BCUT2D eigenvalue weighted by atomic mass is 10.1. The number of hydrogen-bond acceptors (Lipinski definition) is 3. The van der Waals surface area contributed by atoms with Gasteiger partial charge in [0.1, 0.15) is 5.75 Å². The summed E-state index contributed by atoms with van der Waals surface area (Å²) in [5, 5.41) is 9.63. The highest BCUT2D eigenvalue weighted by Gasteiger charge is 2.15. The van der Waals surface area contributed by atoms with Crippen molar-refractivity contribution in [2.75, 3.05) is 7.05 Å². The lowest BCUT2D eigenvalue weighted by molar-refractivity contribution is 0.0782. The van der Waals surface area contributed by atoms with Crippen molar-refractivity contribution in [3.8, 4) is 5.75 Å². The van der Waals surface area contributed by atoms with Crippen LogP contribution in [-0.4, -0.2) is 27.9 Å². The number of rotatable bonds is 3. The molecule has 1 amide bonds. The van der Waals surface area contributed by atoms with Gasteiger partial charge in [-0.05, 0) is 18.6 Å². The molecule has 0 fully saturated rings. The second kappa shape index (κ2) is 5.52. The van der Waals surface area contributed by atoms with Crippen molar-refractivity contribution in [3.05, 3.63) is 59.4 Å². The van der Waals surface area contributed by atoms with Crippen molar-refractivity contribution in [3.63, 3.8) is 0 Å². The first-order valence-corrected chi connectivity index (χ1v) is 6.02. The SMILES string of the molecule is Cc1cccc(CN(C)C(=O)c2ccncc2O)c1.